The van der Waals surface area contributed by atoms with Crippen LogP contribution in [0.3, 0.4) is 0 Å². The monoisotopic (exact) mass is 410 g/mol. The Morgan fingerprint density at radius 2 is 1.67 bits per heavy atom. The molecule has 1 unspecified atom stereocenters. The summed E-state index contributed by atoms with van der Waals surface area (Å²) in [6.45, 7) is 5.82. The predicted molar refractivity (Wildman–Crippen MR) is 117 cm³/mol. The molecule has 0 radical (unpaired) electrons. The van der Waals surface area contributed by atoms with Crippen molar-refractivity contribution in [3.05, 3.63) is 65.2 Å². The third kappa shape index (κ3) is 7.74. The molecule has 1 atom stereocenters. The molecule has 0 spiro atoms. The van der Waals surface area contributed by atoms with Crippen molar-refractivity contribution < 1.29 is 24.2 Å². The number of hydrogen-bond donors (Lipinski definition) is 1. The molecular formula is C25H30O5. The van der Waals surface area contributed by atoms with Gasteiger partial charge in [0.15, 0.2) is 0 Å². The minimum atomic E-state index is -0.508. The van der Waals surface area contributed by atoms with Gasteiger partial charge in [0.2, 0.25) is 0 Å². The summed E-state index contributed by atoms with van der Waals surface area (Å²) in [6, 6.07) is 12.7. The normalized spacial score (nSPS) is 12.3. The van der Waals surface area contributed by atoms with E-state index in [4.69, 9.17) is 9.47 Å². The van der Waals surface area contributed by atoms with Crippen LogP contribution in [0.2, 0.25) is 0 Å². The van der Waals surface area contributed by atoms with Crippen molar-refractivity contribution >= 4 is 18.0 Å². The van der Waals surface area contributed by atoms with Crippen molar-refractivity contribution in [2.75, 3.05) is 0 Å². The van der Waals surface area contributed by atoms with E-state index in [9.17, 15) is 14.7 Å². The van der Waals surface area contributed by atoms with E-state index in [1.54, 1.807) is 37.3 Å². The molecule has 0 aliphatic carbocycles. The van der Waals surface area contributed by atoms with E-state index in [2.05, 4.69) is 6.92 Å². The Kier molecular flexibility index (Phi) is 9.13. The van der Waals surface area contributed by atoms with Gasteiger partial charge in [-0.3, -0.25) is 0 Å². The van der Waals surface area contributed by atoms with Crippen molar-refractivity contribution in [1.82, 2.24) is 0 Å². The Bertz CT molecular complexity index is 850. The topological polar surface area (TPSA) is 72.8 Å². The van der Waals surface area contributed by atoms with Gasteiger partial charge < -0.3 is 14.6 Å². The summed E-state index contributed by atoms with van der Waals surface area (Å²) in [7, 11) is 0. The fourth-order valence-corrected chi connectivity index (χ4v) is 2.90. The highest BCUT2D eigenvalue weighted by Gasteiger charge is 2.12. The Morgan fingerprint density at radius 3 is 2.30 bits per heavy atom. The zero-order valence-electron chi connectivity index (χ0n) is 17.9. The Labute approximate surface area is 178 Å². The number of unbranched alkanes of at least 4 members (excludes halogenated alkanes) is 3. The minimum absolute atomic E-state index is 0.0856. The Balaban J connectivity index is 1.88. The maximum Gasteiger partial charge on any atom is 0.343 e. The van der Waals surface area contributed by atoms with Crippen LogP contribution in [0.1, 0.15) is 68.8 Å². The van der Waals surface area contributed by atoms with E-state index < -0.39 is 5.97 Å². The van der Waals surface area contributed by atoms with Gasteiger partial charge in [0.1, 0.15) is 11.5 Å². The van der Waals surface area contributed by atoms with Gasteiger partial charge in [-0.2, -0.15) is 0 Å². The molecule has 0 aliphatic rings. The molecule has 0 saturated carbocycles. The highest BCUT2D eigenvalue weighted by atomic mass is 16.5. The molecule has 5 nitrogen and oxygen atoms in total. The Hall–Kier alpha value is -3.08. The summed E-state index contributed by atoms with van der Waals surface area (Å²) in [6.07, 6.45) is 7.15. The molecule has 5 heteroatoms. The lowest BCUT2D eigenvalue weighted by Crippen LogP contribution is -2.15. The van der Waals surface area contributed by atoms with Gasteiger partial charge in [-0.25, -0.2) is 9.59 Å². The number of phenols is 1. The van der Waals surface area contributed by atoms with E-state index in [1.807, 2.05) is 6.92 Å². The standard InChI is InChI=1S/C25H30O5/c1-4-5-6-7-8-19(3)29-24(27)18(2)17-20-9-15-23(16-10-20)30-25(28)21-11-13-22(26)14-12-21/h9-17,19,26H,4-8H2,1-3H3. The molecule has 2 aromatic carbocycles. The van der Waals surface area contributed by atoms with Gasteiger partial charge in [0.05, 0.1) is 11.7 Å². The molecule has 2 rings (SSSR count). The van der Waals surface area contributed by atoms with Gasteiger partial charge in [-0.05, 0) is 74.7 Å². The number of esters is 2. The fraction of sp³-hybridized carbons (Fsp3) is 0.360. The van der Waals surface area contributed by atoms with Crippen molar-refractivity contribution in [1.29, 1.82) is 0 Å². The summed E-state index contributed by atoms with van der Waals surface area (Å²) < 4.78 is 10.8. The quantitative estimate of drug-likeness (QED) is 0.228. The first kappa shape index (κ1) is 23.2. The van der Waals surface area contributed by atoms with Crippen LogP contribution < -0.4 is 4.74 Å². The second-order valence-corrected chi connectivity index (χ2v) is 7.40. The summed E-state index contributed by atoms with van der Waals surface area (Å²) >= 11 is 0. The second kappa shape index (κ2) is 11.8. The van der Waals surface area contributed by atoms with Crippen molar-refractivity contribution in [2.45, 2.75) is 59.0 Å². The summed E-state index contributed by atoms with van der Waals surface area (Å²) in [5.41, 5.74) is 1.67. The molecule has 0 aliphatic heterocycles. The number of hydrogen-bond acceptors (Lipinski definition) is 5. The molecule has 0 fully saturated rings. The second-order valence-electron chi connectivity index (χ2n) is 7.40. The van der Waals surface area contributed by atoms with Crippen molar-refractivity contribution in [3.63, 3.8) is 0 Å². The molecule has 2 aromatic rings. The minimum Gasteiger partial charge on any atom is -0.508 e. The smallest absolute Gasteiger partial charge is 0.343 e. The van der Waals surface area contributed by atoms with E-state index in [1.165, 1.54) is 37.1 Å². The highest BCUT2D eigenvalue weighted by Crippen LogP contribution is 2.18. The van der Waals surface area contributed by atoms with E-state index in [-0.39, 0.29) is 17.8 Å². The molecule has 0 saturated heterocycles. The molecule has 0 heterocycles. The molecule has 1 N–H and O–H groups in total. The number of benzene rings is 2. The molecule has 0 amide bonds. The number of phenolic OH excluding ortho intramolecular Hbond substituents is 1. The van der Waals surface area contributed by atoms with Crippen molar-refractivity contribution in [2.24, 2.45) is 0 Å². The van der Waals surface area contributed by atoms with Crippen LogP contribution in [0.15, 0.2) is 54.1 Å². The first-order valence-corrected chi connectivity index (χ1v) is 10.4. The fourth-order valence-electron chi connectivity index (χ4n) is 2.90. The third-order valence-electron chi connectivity index (χ3n) is 4.67. The number of rotatable bonds is 10. The molecule has 160 valence electrons. The average molecular weight is 411 g/mol. The maximum atomic E-state index is 12.3. The number of aromatic hydroxyl groups is 1. The molecule has 0 aromatic heterocycles. The molecule has 0 bridgehead atoms. The van der Waals surface area contributed by atoms with Gasteiger partial charge in [-0.1, -0.05) is 38.3 Å². The SMILES string of the molecule is CCCCCCC(C)OC(=O)C(C)=Cc1ccc(OC(=O)c2ccc(O)cc2)cc1. The van der Waals surface area contributed by atoms with Gasteiger partial charge in [-0.15, -0.1) is 0 Å². The zero-order chi connectivity index (χ0) is 21.9. The summed E-state index contributed by atoms with van der Waals surface area (Å²) in [5, 5.41) is 9.29. The highest BCUT2D eigenvalue weighted by molar-refractivity contribution is 5.93. The van der Waals surface area contributed by atoms with Gasteiger partial charge >= 0.3 is 11.9 Å². The lowest BCUT2D eigenvalue weighted by atomic mass is 10.1. The largest absolute Gasteiger partial charge is 0.508 e. The lowest BCUT2D eigenvalue weighted by Gasteiger charge is -2.13. The predicted octanol–water partition coefficient (Wildman–Crippen LogP) is 5.92. The average Bonchev–Trinajstić information content (AvgIpc) is 2.73. The first-order chi connectivity index (χ1) is 14.4. The van der Waals surface area contributed by atoms with Crippen LogP contribution in [0.5, 0.6) is 11.5 Å². The van der Waals surface area contributed by atoms with E-state index >= 15 is 0 Å². The zero-order valence-corrected chi connectivity index (χ0v) is 17.9. The number of carbonyl (C=O) groups is 2. The molecular weight excluding hydrogens is 380 g/mol. The van der Waals surface area contributed by atoms with Crippen LogP contribution in [-0.2, 0) is 9.53 Å². The van der Waals surface area contributed by atoms with E-state index in [0.717, 1.165) is 24.8 Å². The third-order valence-corrected chi connectivity index (χ3v) is 4.67. The van der Waals surface area contributed by atoms with Gasteiger partial charge in [0, 0.05) is 5.57 Å². The van der Waals surface area contributed by atoms with Crippen LogP contribution in [0.4, 0.5) is 0 Å². The summed E-state index contributed by atoms with van der Waals surface area (Å²) in [4.78, 5) is 24.4. The first-order valence-electron chi connectivity index (χ1n) is 10.4. The van der Waals surface area contributed by atoms with Crippen molar-refractivity contribution in [3.8, 4) is 11.5 Å². The number of carbonyl (C=O) groups excluding carboxylic acids is 2. The van der Waals surface area contributed by atoms with Crippen LogP contribution >= 0.6 is 0 Å². The van der Waals surface area contributed by atoms with Gasteiger partial charge in [0.25, 0.3) is 0 Å². The van der Waals surface area contributed by atoms with Crippen LogP contribution in [0.25, 0.3) is 6.08 Å². The van der Waals surface area contributed by atoms with E-state index in [0.29, 0.717) is 16.9 Å². The van der Waals surface area contributed by atoms with Crippen LogP contribution in [0, 0.1) is 0 Å². The van der Waals surface area contributed by atoms with Crippen LogP contribution in [-0.4, -0.2) is 23.1 Å². The maximum absolute atomic E-state index is 12.3. The molecule has 30 heavy (non-hydrogen) atoms. The number of ether oxygens (including phenoxy) is 2. The lowest BCUT2D eigenvalue weighted by molar-refractivity contribution is -0.143. The Morgan fingerprint density at radius 1 is 1.00 bits per heavy atom. The summed E-state index contributed by atoms with van der Waals surface area (Å²) in [5.74, 6) is -0.347.